The second kappa shape index (κ2) is 10.9. The molecule has 0 bridgehead atoms. The molecule has 0 spiro atoms. The highest BCUT2D eigenvalue weighted by molar-refractivity contribution is 7.09. The fraction of sp³-hybridized carbons (Fsp3) is 0.304. The highest BCUT2D eigenvalue weighted by atomic mass is 32.1. The van der Waals surface area contributed by atoms with Crippen molar-refractivity contribution in [2.24, 2.45) is 5.73 Å². The Morgan fingerprint density at radius 2 is 1.97 bits per heavy atom. The average molecular weight is 486 g/mol. The van der Waals surface area contributed by atoms with Crippen molar-refractivity contribution in [3.05, 3.63) is 64.1 Å². The van der Waals surface area contributed by atoms with E-state index in [2.05, 4.69) is 9.69 Å². The standard InChI is InChI=1S/C23H27N5O5S/c1-4-14-7-5-6-8-15(14)28(23(31)20-17(24)18(21(25)29)27-34-20)19(16-10-9-13(2)33-16)22(30)26-11-12-32-3/h5-10,19H,4,11-12,24H2,1-3H3,(H2,25,29)(H,26,30)/t19-/m0/s1. The van der Waals surface area contributed by atoms with Gasteiger partial charge < -0.3 is 25.9 Å². The molecular formula is C23H27N5O5S. The first-order valence-corrected chi connectivity index (χ1v) is 11.4. The number of aryl methyl sites for hydroxylation is 2. The van der Waals surface area contributed by atoms with Crippen molar-refractivity contribution in [3.8, 4) is 0 Å². The van der Waals surface area contributed by atoms with Crippen LogP contribution in [-0.4, -0.2) is 42.4 Å². The first-order chi connectivity index (χ1) is 16.3. The maximum absolute atomic E-state index is 13.9. The predicted molar refractivity (Wildman–Crippen MR) is 129 cm³/mol. The Morgan fingerprint density at radius 3 is 2.56 bits per heavy atom. The van der Waals surface area contributed by atoms with Crippen molar-refractivity contribution >= 4 is 40.6 Å². The van der Waals surface area contributed by atoms with Crippen LogP contribution in [0, 0.1) is 6.92 Å². The minimum Gasteiger partial charge on any atom is -0.464 e. The number of hydrogen-bond donors (Lipinski definition) is 3. The number of aromatic nitrogens is 1. The van der Waals surface area contributed by atoms with Crippen LogP contribution in [0.1, 0.15) is 50.2 Å². The van der Waals surface area contributed by atoms with Crippen LogP contribution in [0.3, 0.4) is 0 Å². The largest absolute Gasteiger partial charge is 0.464 e. The number of nitrogen functional groups attached to an aromatic ring is 1. The van der Waals surface area contributed by atoms with E-state index in [1.807, 2.05) is 19.1 Å². The number of rotatable bonds is 10. The molecule has 0 saturated carbocycles. The van der Waals surface area contributed by atoms with E-state index in [1.165, 1.54) is 12.0 Å². The Kier molecular flexibility index (Phi) is 8.03. The van der Waals surface area contributed by atoms with Crippen LogP contribution >= 0.6 is 11.5 Å². The van der Waals surface area contributed by atoms with Crippen molar-refractivity contribution in [2.45, 2.75) is 26.3 Å². The number of para-hydroxylation sites is 1. The van der Waals surface area contributed by atoms with Crippen molar-refractivity contribution in [1.82, 2.24) is 9.69 Å². The number of ether oxygens (including phenoxy) is 1. The maximum Gasteiger partial charge on any atom is 0.273 e. The van der Waals surface area contributed by atoms with Gasteiger partial charge in [0.25, 0.3) is 17.7 Å². The zero-order chi connectivity index (χ0) is 24.8. The summed E-state index contributed by atoms with van der Waals surface area (Å²) in [5.41, 5.74) is 12.4. The van der Waals surface area contributed by atoms with E-state index >= 15 is 0 Å². The van der Waals surface area contributed by atoms with Crippen LogP contribution in [0.5, 0.6) is 0 Å². The van der Waals surface area contributed by atoms with E-state index in [9.17, 15) is 14.4 Å². The molecule has 3 rings (SSSR count). The molecule has 0 saturated heterocycles. The third-order valence-corrected chi connectivity index (χ3v) is 6.00. The number of amides is 3. The molecule has 0 fully saturated rings. The highest BCUT2D eigenvalue weighted by Crippen LogP contribution is 2.35. The van der Waals surface area contributed by atoms with E-state index in [4.69, 9.17) is 20.6 Å². The summed E-state index contributed by atoms with van der Waals surface area (Å²) in [4.78, 5) is 40.4. The number of benzene rings is 1. The summed E-state index contributed by atoms with van der Waals surface area (Å²) >= 11 is 0.751. The minimum absolute atomic E-state index is 0.00215. The van der Waals surface area contributed by atoms with Gasteiger partial charge in [-0.3, -0.25) is 19.3 Å². The van der Waals surface area contributed by atoms with Gasteiger partial charge in [-0.1, -0.05) is 25.1 Å². The second-order valence-corrected chi connectivity index (χ2v) is 8.20. The van der Waals surface area contributed by atoms with Crippen LogP contribution in [0.15, 0.2) is 40.8 Å². The molecule has 11 heteroatoms. The fourth-order valence-electron chi connectivity index (χ4n) is 3.50. The van der Waals surface area contributed by atoms with Gasteiger partial charge >= 0.3 is 0 Å². The smallest absolute Gasteiger partial charge is 0.273 e. The molecule has 1 aromatic carbocycles. The number of anilines is 2. The minimum atomic E-state index is -1.16. The maximum atomic E-state index is 13.9. The Labute approximate surface area is 201 Å². The van der Waals surface area contributed by atoms with Gasteiger partial charge in [-0.05, 0) is 48.6 Å². The topological polar surface area (TPSA) is 154 Å². The van der Waals surface area contributed by atoms with Gasteiger partial charge in [0, 0.05) is 19.3 Å². The number of hydrogen-bond acceptors (Lipinski definition) is 8. The summed E-state index contributed by atoms with van der Waals surface area (Å²) in [7, 11) is 1.52. The summed E-state index contributed by atoms with van der Waals surface area (Å²) in [5.74, 6) is -1.07. The van der Waals surface area contributed by atoms with Gasteiger partial charge in [0.15, 0.2) is 11.7 Å². The van der Waals surface area contributed by atoms with Gasteiger partial charge in [-0.25, -0.2) is 0 Å². The number of nitrogens with two attached hydrogens (primary N) is 2. The van der Waals surface area contributed by atoms with E-state index in [1.54, 1.807) is 31.2 Å². The van der Waals surface area contributed by atoms with Crippen molar-refractivity contribution in [2.75, 3.05) is 30.9 Å². The molecule has 10 nitrogen and oxygen atoms in total. The molecule has 0 unspecified atom stereocenters. The van der Waals surface area contributed by atoms with E-state index in [-0.39, 0.29) is 28.6 Å². The Hall–Kier alpha value is -3.70. The lowest BCUT2D eigenvalue weighted by Crippen LogP contribution is -2.45. The van der Waals surface area contributed by atoms with Gasteiger partial charge in [0.1, 0.15) is 16.4 Å². The molecule has 180 valence electrons. The van der Waals surface area contributed by atoms with Crippen molar-refractivity contribution in [1.29, 1.82) is 0 Å². The summed E-state index contributed by atoms with van der Waals surface area (Å²) in [6.07, 6.45) is 0.597. The summed E-state index contributed by atoms with van der Waals surface area (Å²) < 4.78 is 14.8. The Balaban J connectivity index is 2.20. The number of nitrogens with one attached hydrogen (secondary N) is 1. The molecule has 5 N–H and O–H groups in total. The third kappa shape index (κ3) is 5.10. The first-order valence-electron chi connectivity index (χ1n) is 10.6. The molecule has 0 aliphatic rings. The van der Waals surface area contributed by atoms with Gasteiger partial charge in [0.2, 0.25) is 0 Å². The van der Waals surface area contributed by atoms with Crippen LogP contribution in [0.4, 0.5) is 11.4 Å². The quantitative estimate of drug-likeness (QED) is 0.373. The number of carbonyl (C=O) groups is 3. The number of methoxy groups -OCH3 is 1. The zero-order valence-electron chi connectivity index (χ0n) is 19.2. The lowest BCUT2D eigenvalue weighted by Gasteiger charge is -2.31. The van der Waals surface area contributed by atoms with Gasteiger partial charge in [-0.2, -0.15) is 4.37 Å². The van der Waals surface area contributed by atoms with E-state index < -0.39 is 23.8 Å². The molecule has 1 atom stereocenters. The average Bonchev–Trinajstić information content (AvgIpc) is 3.42. The fourth-order valence-corrected chi connectivity index (χ4v) is 4.24. The SMILES string of the molecule is CCc1ccccc1N(C(=O)c1snc(C(N)=O)c1N)[C@H](C(=O)NCCOC)c1ccc(C)o1. The first kappa shape index (κ1) is 24.9. The molecule has 2 heterocycles. The molecular weight excluding hydrogens is 458 g/mol. The zero-order valence-corrected chi connectivity index (χ0v) is 20.0. The molecule has 2 aromatic heterocycles. The lowest BCUT2D eigenvalue weighted by atomic mass is 10.0. The van der Waals surface area contributed by atoms with Crippen LogP contribution in [0.25, 0.3) is 0 Å². The molecule has 0 aliphatic heterocycles. The summed E-state index contributed by atoms with van der Waals surface area (Å²) in [5, 5.41) is 2.79. The molecule has 3 aromatic rings. The van der Waals surface area contributed by atoms with Crippen molar-refractivity contribution in [3.63, 3.8) is 0 Å². The normalized spacial score (nSPS) is 11.7. The monoisotopic (exact) mass is 485 g/mol. The molecule has 3 amide bonds. The van der Waals surface area contributed by atoms with Crippen molar-refractivity contribution < 1.29 is 23.5 Å². The van der Waals surface area contributed by atoms with E-state index in [0.717, 1.165) is 17.1 Å². The number of carbonyl (C=O) groups excluding carboxylic acids is 3. The van der Waals surface area contributed by atoms with Crippen LogP contribution in [0.2, 0.25) is 0 Å². The third-order valence-electron chi connectivity index (χ3n) is 5.15. The Morgan fingerprint density at radius 1 is 1.24 bits per heavy atom. The number of primary amides is 1. The summed E-state index contributed by atoms with van der Waals surface area (Å²) in [6.45, 7) is 4.21. The van der Waals surface area contributed by atoms with E-state index in [0.29, 0.717) is 24.5 Å². The lowest BCUT2D eigenvalue weighted by molar-refractivity contribution is -0.123. The number of furan rings is 1. The summed E-state index contributed by atoms with van der Waals surface area (Å²) in [6, 6.07) is 9.43. The predicted octanol–water partition coefficient (Wildman–Crippen LogP) is 2.44. The second-order valence-electron chi connectivity index (χ2n) is 7.43. The molecule has 0 aliphatic carbocycles. The highest BCUT2D eigenvalue weighted by Gasteiger charge is 2.38. The van der Waals surface area contributed by atoms with Crippen LogP contribution < -0.4 is 21.7 Å². The van der Waals surface area contributed by atoms with Gasteiger partial charge in [-0.15, -0.1) is 0 Å². The number of nitrogens with zero attached hydrogens (tertiary/aromatic N) is 2. The van der Waals surface area contributed by atoms with Gasteiger partial charge in [0.05, 0.1) is 12.3 Å². The molecule has 34 heavy (non-hydrogen) atoms. The van der Waals surface area contributed by atoms with Crippen LogP contribution in [-0.2, 0) is 16.0 Å². The Bertz CT molecular complexity index is 1190. The molecule has 0 radical (unpaired) electrons.